The minimum atomic E-state index is 0.211. The maximum atomic E-state index is 8.57. The zero-order chi connectivity index (χ0) is 8.15. The Labute approximate surface area is 64.1 Å². The first-order valence-corrected chi connectivity index (χ1v) is 3.97. The van der Waals surface area contributed by atoms with Gasteiger partial charge in [0, 0.05) is 5.92 Å². The Morgan fingerprint density at radius 2 is 1.70 bits per heavy atom. The predicted octanol–water partition coefficient (Wildman–Crippen LogP) is 2.83. The van der Waals surface area contributed by atoms with Gasteiger partial charge < -0.3 is 0 Å². The summed E-state index contributed by atoms with van der Waals surface area (Å²) in [6.45, 7) is 8.53. The highest BCUT2D eigenvalue weighted by molar-refractivity contribution is 4.82. The Morgan fingerprint density at radius 1 is 1.20 bits per heavy atom. The van der Waals surface area contributed by atoms with Gasteiger partial charge >= 0.3 is 0 Å². The molecule has 0 spiro atoms. The van der Waals surface area contributed by atoms with Gasteiger partial charge in [-0.1, -0.05) is 20.8 Å². The van der Waals surface area contributed by atoms with E-state index in [0.717, 1.165) is 6.42 Å². The van der Waals surface area contributed by atoms with Gasteiger partial charge in [-0.3, -0.25) is 0 Å². The van der Waals surface area contributed by atoms with E-state index in [1.54, 1.807) is 0 Å². The SMILES string of the molecule is CC(C)CC(C)C(C)C#N. The lowest BCUT2D eigenvalue weighted by Crippen LogP contribution is -2.08. The summed E-state index contributed by atoms with van der Waals surface area (Å²) in [4.78, 5) is 0. The molecule has 0 N–H and O–H groups in total. The van der Waals surface area contributed by atoms with Crippen LogP contribution in [0.5, 0.6) is 0 Å². The number of nitrogens with zero attached hydrogens (tertiary/aromatic N) is 1. The molecule has 0 aromatic carbocycles. The smallest absolute Gasteiger partial charge is 0.0655 e. The van der Waals surface area contributed by atoms with E-state index in [1.807, 2.05) is 6.92 Å². The summed E-state index contributed by atoms with van der Waals surface area (Å²) in [6.07, 6.45) is 1.16. The fourth-order valence-corrected chi connectivity index (χ4v) is 1.07. The maximum Gasteiger partial charge on any atom is 0.0655 e. The zero-order valence-electron chi connectivity index (χ0n) is 7.39. The lowest BCUT2D eigenvalue weighted by atomic mass is 9.89. The molecule has 10 heavy (non-hydrogen) atoms. The monoisotopic (exact) mass is 139 g/mol. The second-order valence-corrected chi connectivity index (χ2v) is 3.52. The molecule has 0 saturated heterocycles. The molecular weight excluding hydrogens is 122 g/mol. The molecule has 2 unspecified atom stereocenters. The minimum absolute atomic E-state index is 0.211. The molecular formula is C9H17N. The third-order valence-corrected chi connectivity index (χ3v) is 1.90. The van der Waals surface area contributed by atoms with Crippen molar-refractivity contribution in [3.05, 3.63) is 0 Å². The average molecular weight is 139 g/mol. The van der Waals surface area contributed by atoms with E-state index in [0.29, 0.717) is 11.8 Å². The van der Waals surface area contributed by atoms with Gasteiger partial charge in [0.15, 0.2) is 0 Å². The fraction of sp³-hybridized carbons (Fsp3) is 0.889. The van der Waals surface area contributed by atoms with Crippen molar-refractivity contribution in [1.29, 1.82) is 5.26 Å². The molecule has 0 radical (unpaired) electrons. The molecule has 0 aromatic heterocycles. The quantitative estimate of drug-likeness (QED) is 0.589. The Hall–Kier alpha value is -0.510. The summed E-state index contributed by atoms with van der Waals surface area (Å²) in [6, 6.07) is 2.27. The second kappa shape index (κ2) is 4.33. The van der Waals surface area contributed by atoms with Gasteiger partial charge in [-0.25, -0.2) is 0 Å². The molecule has 1 nitrogen and oxygen atoms in total. The van der Waals surface area contributed by atoms with Gasteiger partial charge in [0.2, 0.25) is 0 Å². The van der Waals surface area contributed by atoms with Crippen LogP contribution in [-0.4, -0.2) is 0 Å². The molecule has 0 rings (SSSR count). The standard InChI is InChI=1S/C9H17N/c1-7(2)5-8(3)9(4)6-10/h7-9H,5H2,1-4H3. The van der Waals surface area contributed by atoms with Crippen molar-refractivity contribution >= 4 is 0 Å². The van der Waals surface area contributed by atoms with Crippen LogP contribution in [0.3, 0.4) is 0 Å². The van der Waals surface area contributed by atoms with E-state index in [4.69, 9.17) is 5.26 Å². The molecule has 0 heterocycles. The summed E-state index contributed by atoms with van der Waals surface area (Å²) in [7, 11) is 0. The van der Waals surface area contributed by atoms with Crippen LogP contribution in [0.4, 0.5) is 0 Å². The van der Waals surface area contributed by atoms with E-state index < -0.39 is 0 Å². The summed E-state index contributed by atoms with van der Waals surface area (Å²) < 4.78 is 0. The highest BCUT2D eigenvalue weighted by atomic mass is 14.3. The first-order valence-electron chi connectivity index (χ1n) is 3.97. The number of rotatable bonds is 3. The van der Waals surface area contributed by atoms with Gasteiger partial charge in [-0.05, 0) is 25.2 Å². The minimum Gasteiger partial charge on any atom is -0.198 e. The van der Waals surface area contributed by atoms with Crippen LogP contribution in [0.25, 0.3) is 0 Å². The first-order chi connectivity index (χ1) is 4.57. The summed E-state index contributed by atoms with van der Waals surface area (Å²) >= 11 is 0. The molecule has 0 bridgehead atoms. The van der Waals surface area contributed by atoms with Crippen molar-refractivity contribution in [2.45, 2.75) is 34.1 Å². The van der Waals surface area contributed by atoms with Gasteiger partial charge in [0.1, 0.15) is 0 Å². The Morgan fingerprint density at radius 3 is 2.00 bits per heavy atom. The molecule has 0 aliphatic heterocycles. The first kappa shape index (κ1) is 9.49. The van der Waals surface area contributed by atoms with Crippen molar-refractivity contribution in [3.63, 3.8) is 0 Å². The van der Waals surface area contributed by atoms with Crippen molar-refractivity contribution in [3.8, 4) is 6.07 Å². The van der Waals surface area contributed by atoms with Crippen LogP contribution in [0.1, 0.15) is 34.1 Å². The Kier molecular flexibility index (Phi) is 4.11. The van der Waals surface area contributed by atoms with Crippen LogP contribution in [0.2, 0.25) is 0 Å². The van der Waals surface area contributed by atoms with Gasteiger partial charge in [-0.15, -0.1) is 0 Å². The number of nitriles is 1. The predicted molar refractivity (Wildman–Crippen MR) is 43.4 cm³/mol. The Bertz CT molecular complexity index is 121. The van der Waals surface area contributed by atoms with E-state index in [-0.39, 0.29) is 5.92 Å². The molecule has 2 atom stereocenters. The second-order valence-electron chi connectivity index (χ2n) is 3.52. The normalized spacial score (nSPS) is 16.4. The molecule has 0 aromatic rings. The molecule has 0 saturated carbocycles. The Balaban J connectivity index is 3.64. The van der Waals surface area contributed by atoms with Crippen LogP contribution < -0.4 is 0 Å². The topological polar surface area (TPSA) is 23.8 Å². The fourth-order valence-electron chi connectivity index (χ4n) is 1.07. The summed E-state index contributed by atoms with van der Waals surface area (Å²) in [5.41, 5.74) is 0. The van der Waals surface area contributed by atoms with E-state index in [2.05, 4.69) is 26.8 Å². The molecule has 0 aliphatic rings. The van der Waals surface area contributed by atoms with E-state index in [1.165, 1.54) is 0 Å². The molecule has 0 fully saturated rings. The average Bonchev–Trinajstić information content (AvgIpc) is 1.85. The van der Waals surface area contributed by atoms with Crippen molar-refractivity contribution in [2.75, 3.05) is 0 Å². The van der Waals surface area contributed by atoms with Crippen LogP contribution in [0.15, 0.2) is 0 Å². The molecule has 0 amide bonds. The molecule has 0 aliphatic carbocycles. The van der Waals surface area contributed by atoms with Crippen LogP contribution in [0, 0.1) is 29.1 Å². The highest BCUT2D eigenvalue weighted by Gasteiger charge is 2.11. The summed E-state index contributed by atoms with van der Waals surface area (Å²) in [5.74, 6) is 1.47. The zero-order valence-corrected chi connectivity index (χ0v) is 7.39. The van der Waals surface area contributed by atoms with Crippen LogP contribution in [-0.2, 0) is 0 Å². The van der Waals surface area contributed by atoms with Gasteiger partial charge in [0.25, 0.3) is 0 Å². The number of hydrogen-bond donors (Lipinski definition) is 0. The van der Waals surface area contributed by atoms with Crippen molar-refractivity contribution in [2.24, 2.45) is 17.8 Å². The van der Waals surface area contributed by atoms with Crippen molar-refractivity contribution in [1.82, 2.24) is 0 Å². The van der Waals surface area contributed by atoms with Crippen LogP contribution >= 0.6 is 0 Å². The van der Waals surface area contributed by atoms with E-state index in [9.17, 15) is 0 Å². The third kappa shape index (κ3) is 3.50. The third-order valence-electron chi connectivity index (χ3n) is 1.90. The highest BCUT2D eigenvalue weighted by Crippen LogP contribution is 2.18. The lowest BCUT2D eigenvalue weighted by Gasteiger charge is -2.14. The van der Waals surface area contributed by atoms with Crippen molar-refractivity contribution < 1.29 is 0 Å². The van der Waals surface area contributed by atoms with Gasteiger partial charge in [-0.2, -0.15) is 5.26 Å². The summed E-state index contributed by atoms with van der Waals surface area (Å²) in [5, 5.41) is 8.57. The van der Waals surface area contributed by atoms with Gasteiger partial charge in [0.05, 0.1) is 6.07 Å². The number of hydrogen-bond acceptors (Lipinski definition) is 1. The largest absolute Gasteiger partial charge is 0.198 e. The molecule has 58 valence electrons. The maximum absolute atomic E-state index is 8.57. The molecule has 1 heteroatoms. The lowest BCUT2D eigenvalue weighted by molar-refractivity contribution is 0.375. The van der Waals surface area contributed by atoms with E-state index >= 15 is 0 Å².